The second kappa shape index (κ2) is 3.83. The van der Waals surface area contributed by atoms with Crippen molar-refractivity contribution in [2.45, 2.75) is 0 Å². The molecule has 0 spiro atoms. The Balaban J connectivity index is 3.33. The number of halogens is 2. The van der Waals surface area contributed by atoms with Gasteiger partial charge in [0.1, 0.15) is 0 Å². The molecule has 0 heterocycles. The van der Waals surface area contributed by atoms with E-state index in [2.05, 4.69) is 11.9 Å². The summed E-state index contributed by atoms with van der Waals surface area (Å²) in [4.78, 5) is 0. The summed E-state index contributed by atoms with van der Waals surface area (Å²) in [7, 11) is 1.81. The topological polar surface area (TPSA) is 12.0 Å². The third kappa shape index (κ3) is 1.74. The van der Waals surface area contributed by atoms with Crippen molar-refractivity contribution < 1.29 is 0 Å². The zero-order chi connectivity index (χ0) is 9.14. The maximum Gasteiger partial charge on any atom is 0.0658 e. The summed E-state index contributed by atoms with van der Waals surface area (Å²) < 4.78 is 0. The van der Waals surface area contributed by atoms with Crippen molar-refractivity contribution >= 4 is 35.0 Å². The zero-order valence-electron chi connectivity index (χ0n) is 6.70. The SMILES string of the molecule is C=Cc1cc(Cl)cc(Cl)c1NC. The molecule has 0 aliphatic carbocycles. The second-order valence-electron chi connectivity index (χ2n) is 2.31. The van der Waals surface area contributed by atoms with Crippen LogP contribution in [0.25, 0.3) is 6.08 Å². The fourth-order valence-electron chi connectivity index (χ4n) is 1.02. The van der Waals surface area contributed by atoms with Crippen LogP contribution in [-0.4, -0.2) is 7.05 Å². The molecule has 1 aromatic rings. The van der Waals surface area contributed by atoms with E-state index in [-0.39, 0.29) is 0 Å². The number of hydrogen-bond acceptors (Lipinski definition) is 1. The van der Waals surface area contributed by atoms with Gasteiger partial charge in [0.25, 0.3) is 0 Å². The molecule has 1 aromatic carbocycles. The van der Waals surface area contributed by atoms with Gasteiger partial charge in [0.05, 0.1) is 10.7 Å². The van der Waals surface area contributed by atoms with Gasteiger partial charge in [0.2, 0.25) is 0 Å². The molecule has 1 N–H and O–H groups in total. The van der Waals surface area contributed by atoms with Crippen LogP contribution in [0.1, 0.15) is 5.56 Å². The van der Waals surface area contributed by atoms with Crippen LogP contribution < -0.4 is 5.32 Å². The van der Waals surface area contributed by atoms with Crippen LogP contribution in [0.15, 0.2) is 18.7 Å². The second-order valence-corrected chi connectivity index (χ2v) is 3.15. The first kappa shape index (κ1) is 9.43. The smallest absolute Gasteiger partial charge is 0.0658 e. The average Bonchev–Trinajstić information content (AvgIpc) is 2.03. The minimum atomic E-state index is 0.611. The molecule has 0 amide bonds. The van der Waals surface area contributed by atoms with Crippen LogP contribution in [0.3, 0.4) is 0 Å². The highest BCUT2D eigenvalue weighted by Gasteiger charge is 2.03. The van der Waals surface area contributed by atoms with Crippen molar-refractivity contribution in [1.29, 1.82) is 0 Å². The summed E-state index contributed by atoms with van der Waals surface area (Å²) in [5.74, 6) is 0. The highest BCUT2D eigenvalue weighted by atomic mass is 35.5. The van der Waals surface area contributed by atoms with Gasteiger partial charge >= 0.3 is 0 Å². The van der Waals surface area contributed by atoms with Gasteiger partial charge in [-0.25, -0.2) is 0 Å². The van der Waals surface area contributed by atoms with Crippen molar-refractivity contribution in [2.75, 3.05) is 12.4 Å². The molecule has 0 radical (unpaired) electrons. The molecule has 3 heteroatoms. The highest BCUT2D eigenvalue weighted by Crippen LogP contribution is 2.30. The molecular weight excluding hydrogens is 193 g/mol. The first-order valence-electron chi connectivity index (χ1n) is 3.48. The minimum absolute atomic E-state index is 0.611. The van der Waals surface area contributed by atoms with Crippen LogP contribution in [-0.2, 0) is 0 Å². The van der Waals surface area contributed by atoms with Crippen LogP contribution in [0, 0.1) is 0 Å². The fourth-order valence-corrected chi connectivity index (χ4v) is 1.62. The Morgan fingerprint density at radius 1 is 1.42 bits per heavy atom. The van der Waals surface area contributed by atoms with Crippen molar-refractivity contribution in [3.63, 3.8) is 0 Å². The van der Waals surface area contributed by atoms with Crippen molar-refractivity contribution in [1.82, 2.24) is 0 Å². The Morgan fingerprint density at radius 2 is 2.08 bits per heavy atom. The average molecular weight is 202 g/mol. The fraction of sp³-hybridized carbons (Fsp3) is 0.111. The quantitative estimate of drug-likeness (QED) is 0.771. The first-order valence-corrected chi connectivity index (χ1v) is 4.24. The Hall–Kier alpha value is -0.660. The number of hydrogen-bond donors (Lipinski definition) is 1. The molecule has 1 rings (SSSR count). The summed E-state index contributed by atoms with van der Waals surface area (Å²) in [6, 6.07) is 3.51. The standard InChI is InChI=1S/C9H9Cl2N/c1-3-6-4-7(10)5-8(11)9(6)12-2/h3-5,12H,1H2,2H3. The number of nitrogens with one attached hydrogen (secondary N) is 1. The van der Waals surface area contributed by atoms with Crippen molar-refractivity contribution in [3.05, 3.63) is 34.3 Å². The molecule has 12 heavy (non-hydrogen) atoms. The molecule has 0 saturated carbocycles. The normalized spacial score (nSPS) is 9.58. The van der Waals surface area contributed by atoms with Gasteiger partial charge in [0, 0.05) is 12.1 Å². The third-order valence-electron chi connectivity index (χ3n) is 1.56. The van der Waals surface area contributed by atoms with Gasteiger partial charge < -0.3 is 5.32 Å². The summed E-state index contributed by atoms with van der Waals surface area (Å²) in [6.07, 6.45) is 1.71. The predicted octanol–water partition coefficient (Wildman–Crippen LogP) is 3.68. The molecular formula is C9H9Cl2N. The maximum atomic E-state index is 5.92. The number of benzene rings is 1. The highest BCUT2D eigenvalue weighted by molar-refractivity contribution is 6.36. The zero-order valence-corrected chi connectivity index (χ0v) is 8.21. The molecule has 1 nitrogen and oxygen atoms in total. The third-order valence-corrected chi connectivity index (χ3v) is 2.07. The molecule has 0 aliphatic rings. The first-order chi connectivity index (χ1) is 5.69. The summed E-state index contributed by atoms with van der Waals surface area (Å²) in [5.41, 5.74) is 1.77. The monoisotopic (exact) mass is 201 g/mol. The van der Waals surface area contributed by atoms with Gasteiger partial charge in [-0.15, -0.1) is 0 Å². The van der Waals surface area contributed by atoms with E-state index in [1.54, 1.807) is 12.1 Å². The molecule has 0 atom stereocenters. The molecule has 0 aromatic heterocycles. The number of rotatable bonds is 2. The lowest BCUT2D eigenvalue weighted by Gasteiger charge is -2.07. The van der Waals surface area contributed by atoms with Crippen LogP contribution in [0.5, 0.6) is 0 Å². The predicted molar refractivity (Wildman–Crippen MR) is 56.1 cm³/mol. The van der Waals surface area contributed by atoms with E-state index in [1.807, 2.05) is 13.1 Å². The lowest BCUT2D eigenvalue weighted by molar-refractivity contribution is 1.49. The largest absolute Gasteiger partial charge is 0.386 e. The molecule has 0 aliphatic heterocycles. The van der Waals surface area contributed by atoms with E-state index in [1.165, 1.54) is 0 Å². The summed E-state index contributed by atoms with van der Waals surface area (Å²) >= 11 is 11.7. The van der Waals surface area contributed by atoms with Crippen LogP contribution in [0.4, 0.5) is 5.69 Å². The molecule has 0 saturated heterocycles. The summed E-state index contributed by atoms with van der Waals surface area (Å²) in [6.45, 7) is 3.66. The lowest BCUT2D eigenvalue weighted by atomic mass is 10.2. The van der Waals surface area contributed by atoms with E-state index in [0.717, 1.165) is 11.3 Å². The molecule has 0 bridgehead atoms. The van der Waals surface area contributed by atoms with Crippen LogP contribution in [0.2, 0.25) is 10.0 Å². The Kier molecular flexibility index (Phi) is 3.01. The van der Waals surface area contributed by atoms with E-state index in [4.69, 9.17) is 23.2 Å². The molecule has 64 valence electrons. The minimum Gasteiger partial charge on any atom is -0.386 e. The summed E-state index contributed by atoms with van der Waals surface area (Å²) in [5, 5.41) is 4.21. The lowest BCUT2D eigenvalue weighted by Crippen LogP contribution is -1.92. The van der Waals surface area contributed by atoms with E-state index in [9.17, 15) is 0 Å². The van der Waals surface area contributed by atoms with Gasteiger partial charge in [-0.2, -0.15) is 0 Å². The molecule has 0 fully saturated rings. The van der Waals surface area contributed by atoms with E-state index in [0.29, 0.717) is 10.0 Å². The Morgan fingerprint density at radius 3 is 2.58 bits per heavy atom. The van der Waals surface area contributed by atoms with Gasteiger partial charge in [0.15, 0.2) is 0 Å². The van der Waals surface area contributed by atoms with Gasteiger partial charge in [-0.05, 0) is 17.7 Å². The van der Waals surface area contributed by atoms with Crippen molar-refractivity contribution in [3.8, 4) is 0 Å². The van der Waals surface area contributed by atoms with E-state index < -0.39 is 0 Å². The van der Waals surface area contributed by atoms with Crippen LogP contribution >= 0.6 is 23.2 Å². The number of anilines is 1. The Bertz CT molecular complexity index is 308. The van der Waals surface area contributed by atoms with E-state index >= 15 is 0 Å². The van der Waals surface area contributed by atoms with Gasteiger partial charge in [-0.3, -0.25) is 0 Å². The molecule has 0 unspecified atom stereocenters. The van der Waals surface area contributed by atoms with Gasteiger partial charge in [-0.1, -0.05) is 35.9 Å². The Labute approximate surface area is 82.0 Å². The maximum absolute atomic E-state index is 5.92. The van der Waals surface area contributed by atoms with Crippen molar-refractivity contribution in [2.24, 2.45) is 0 Å².